The minimum Gasteiger partial charge on any atom is -0.379 e. The zero-order valence-corrected chi connectivity index (χ0v) is 24.9. The molecular formula is C34H43N3O4. The molecule has 0 radical (unpaired) electrons. The van der Waals surface area contributed by atoms with Crippen LogP contribution in [-0.4, -0.2) is 23.3 Å². The van der Waals surface area contributed by atoms with Crippen LogP contribution in [0.4, 0.5) is 17.1 Å². The van der Waals surface area contributed by atoms with Gasteiger partial charge in [0, 0.05) is 12.6 Å². The van der Waals surface area contributed by atoms with E-state index in [1.165, 1.54) is 27.7 Å². The van der Waals surface area contributed by atoms with E-state index in [1.807, 2.05) is 0 Å². The molecule has 1 heterocycles. The van der Waals surface area contributed by atoms with E-state index >= 15 is 0 Å². The first-order valence-corrected chi connectivity index (χ1v) is 15.6. The predicted molar refractivity (Wildman–Crippen MR) is 161 cm³/mol. The largest absolute Gasteiger partial charge is 0.379 e. The molecule has 41 heavy (non-hydrogen) atoms. The van der Waals surface area contributed by atoms with Gasteiger partial charge in [0.15, 0.2) is 0 Å². The van der Waals surface area contributed by atoms with Crippen LogP contribution in [0.1, 0.15) is 102 Å². The zero-order valence-electron chi connectivity index (χ0n) is 24.9. The molecule has 1 saturated heterocycles. The molecule has 7 nitrogen and oxygen atoms in total. The van der Waals surface area contributed by atoms with E-state index in [4.69, 9.17) is 0 Å². The second-order valence-electron chi connectivity index (χ2n) is 13.9. The fourth-order valence-corrected chi connectivity index (χ4v) is 8.89. The standard InChI is InChI=1S/C34H43N3O4/c1-21(2)22-10-13-27-23(18-22)11-15-30-33(3,16-7-17-34(27,30)4)20-35-28-14-12-24(19-29(28)37(40)41)36-31(38)25-8-5-6-9-26(25)32(36)39/h10,12-14,18-19,21,25-26,30,35H,5-9,11,15-17,20H2,1-4H3/t25-,26+,30-,33+,34-/m1/s1. The molecule has 3 fully saturated rings. The topological polar surface area (TPSA) is 92.6 Å². The van der Waals surface area contributed by atoms with Crippen molar-refractivity contribution in [1.82, 2.24) is 0 Å². The van der Waals surface area contributed by atoms with Crippen LogP contribution in [0.2, 0.25) is 0 Å². The highest BCUT2D eigenvalue weighted by molar-refractivity contribution is 6.22. The summed E-state index contributed by atoms with van der Waals surface area (Å²) in [4.78, 5) is 39.2. The maximum absolute atomic E-state index is 13.1. The number of amides is 2. The Labute approximate surface area is 243 Å². The first-order chi connectivity index (χ1) is 19.5. The average molecular weight is 558 g/mol. The van der Waals surface area contributed by atoms with Gasteiger partial charge in [0.25, 0.3) is 5.69 Å². The molecule has 3 aliphatic carbocycles. The van der Waals surface area contributed by atoms with Crippen LogP contribution in [0.15, 0.2) is 36.4 Å². The number of anilines is 2. The number of rotatable bonds is 6. The van der Waals surface area contributed by atoms with Crippen LogP contribution in [-0.2, 0) is 21.4 Å². The Morgan fingerprint density at radius 1 is 0.976 bits per heavy atom. The van der Waals surface area contributed by atoms with Crippen molar-refractivity contribution >= 4 is 28.9 Å². The van der Waals surface area contributed by atoms with Crippen LogP contribution < -0.4 is 10.2 Å². The highest BCUT2D eigenvalue weighted by atomic mass is 16.6. The lowest BCUT2D eigenvalue weighted by molar-refractivity contribution is -0.383. The van der Waals surface area contributed by atoms with Gasteiger partial charge in [0.05, 0.1) is 22.4 Å². The Kier molecular flexibility index (Phi) is 6.98. The number of fused-ring (bicyclic) bond motifs is 4. The normalized spacial score (nSPS) is 31.0. The Hall–Kier alpha value is -3.22. The average Bonchev–Trinajstić information content (AvgIpc) is 3.21. The molecule has 0 aromatic heterocycles. The summed E-state index contributed by atoms with van der Waals surface area (Å²) >= 11 is 0. The molecule has 5 atom stereocenters. The summed E-state index contributed by atoms with van der Waals surface area (Å²) in [5.74, 6) is -0.00374. The zero-order chi connectivity index (χ0) is 29.1. The van der Waals surface area contributed by atoms with Crippen molar-refractivity contribution in [2.75, 3.05) is 16.8 Å². The molecule has 1 N–H and O–H groups in total. The van der Waals surface area contributed by atoms with Gasteiger partial charge in [0.2, 0.25) is 11.8 Å². The fraction of sp³-hybridized carbons (Fsp3) is 0.588. The molecule has 7 heteroatoms. The van der Waals surface area contributed by atoms with E-state index in [-0.39, 0.29) is 40.2 Å². The first-order valence-electron chi connectivity index (χ1n) is 15.6. The smallest absolute Gasteiger partial charge is 0.294 e. The van der Waals surface area contributed by atoms with Gasteiger partial charge in [-0.15, -0.1) is 0 Å². The Morgan fingerprint density at radius 2 is 1.68 bits per heavy atom. The number of nitrogens with zero attached hydrogens (tertiary/aromatic N) is 2. The molecule has 6 rings (SSSR count). The molecule has 2 amide bonds. The first kappa shape index (κ1) is 27.9. The molecule has 1 aliphatic heterocycles. The number of imide groups is 1. The van der Waals surface area contributed by atoms with Crippen LogP contribution >= 0.6 is 0 Å². The molecular weight excluding hydrogens is 514 g/mol. The number of aryl methyl sites for hydroxylation is 1. The number of nitro groups is 1. The third kappa shape index (κ3) is 4.56. The lowest BCUT2D eigenvalue weighted by atomic mass is 9.49. The van der Waals surface area contributed by atoms with Crippen molar-refractivity contribution in [2.45, 2.75) is 96.8 Å². The molecule has 0 unspecified atom stereocenters. The number of carbonyl (C=O) groups is 2. The number of nitro benzene ring substituents is 1. The van der Waals surface area contributed by atoms with E-state index in [1.54, 1.807) is 12.1 Å². The lowest BCUT2D eigenvalue weighted by Gasteiger charge is -2.55. The molecule has 4 aliphatic rings. The van der Waals surface area contributed by atoms with Gasteiger partial charge in [-0.25, -0.2) is 4.90 Å². The van der Waals surface area contributed by atoms with Gasteiger partial charge in [-0.2, -0.15) is 0 Å². The highest BCUT2D eigenvalue weighted by Gasteiger charge is 2.52. The Bertz CT molecular complexity index is 1380. The van der Waals surface area contributed by atoms with Gasteiger partial charge in [0.1, 0.15) is 5.69 Å². The third-order valence-corrected chi connectivity index (χ3v) is 11.1. The van der Waals surface area contributed by atoms with Crippen LogP contribution in [0.3, 0.4) is 0 Å². The van der Waals surface area contributed by atoms with Crippen molar-refractivity contribution in [2.24, 2.45) is 23.2 Å². The van der Waals surface area contributed by atoms with Gasteiger partial charge in [-0.3, -0.25) is 19.7 Å². The van der Waals surface area contributed by atoms with Crippen LogP contribution in [0.25, 0.3) is 0 Å². The number of carbonyl (C=O) groups excluding carboxylic acids is 2. The van der Waals surface area contributed by atoms with E-state index < -0.39 is 4.92 Å². The summed E-state index contributed by atoms with van der Waals surface area (Å²) in [7, 11) is 0. The summed E-state index contributed by atoms with van der Waals surface area (Å²) < 4.78 is 0. The van der Waals surface area contributed by atoms with Crippen molar-refractivity contribution in [3.63, 3.8) is 0 Å². The van der Waals surface area contributed by atoms with Crippen molar-refractivity contribution in [3.05, 3.63) is 63.2 Å². The Morgan fingerprint density at radius 3 is 2.34 bits per heavy atom. The minimum absolute atomic E-state index is 0.0233. The minimum atomic E-state index is -0.402. The molecule has 218 valence electrons. The monoisotopic (exact) mass is 557 g/mol. The lowest BCUT2D eigenvalue weighted by Crippen LogP contribution is -2.51. The summed E-state index contributed by atoms with van der Waals surface area (Å²) in [5, 5.41) is 15.7. The van der Waals surface area contributed by atoms with Gasteiger partial charge >= 0.3 is 0 Å². The molecule has 2 aromatic carbocycles. The van der Waals surface area contributed by atoms with Gasteiger partial charge in [-0.05, 0) is 90.0 Å². The fourth-order valence-electron chi connectivity index (χ4n) is 8.89. The number of nitrogens with one attached hydrogen (secondary N) is 1. The highest BCUT2D eigenvalue weighted by Crippen LogP contribution is 2.57. The van der Waals surface area contributed by atoms with Crippen molar-refractivity contribution in [1.29, 1.82) is 0 Å². The maximum atomic E-state index is 13.1. The Balaban J connectivity index is 1.24. The van der Waals surface area contributed by atoms with E-state index in [2.05, 4.69) is 51.2 Å². The van der Waals surface area contributed by atoms with Gasteiger partial charge in [-0.1, -0.05) is 65.2 Å². The van der Waals surface area contributed by atoms with Crippen molar-refractivity contribution in [3.8, 4) is 0 Å². The summed E-state index contributed by atoms with van der Waals surface area (Å²) in [6.45, 7) is 9.91. The maximum Gasteiger partial charge on any atom is 0.294 e. The predicted octanol–water partition coefficient (Wildman–Crippen LogP) is 7.52. The van der Waals surface area contributed by atoms with Crippen molar-refractivity contribution < 1.29 is 14.5 Å². The second kappa shape index (κ2) is 10.2. The SMILES string of the molecule is CC(C)c1ccc2c(c1)CC[C@@H]1[C@](C)(CNc3ccc(N4C(=O)[C@H]5CCCC[C@H]5C4=O)cc3[N+](=O)[O-])CCC[C@]21C. The van der Waals surface area contributed by atoms with E-state index in [0.717, 1.165) is 57.8 Å². The summed E-state index contributed by atoms with van der Waals surface area (Å²) in [6, 6.07) is 11.9. The molecule has 0 bridgehead atoms. The summed E-state index contributed by atoms with van der Waals surface area (Å²) in [5.41, 5.74) is 5.11. The summed E-state index contributed by atoms with van der Waals surface area (Å²) in [6.07, 6.45) is 8.87. The number of hydrogen-bond acceptors (Lipinski definition) is 5. The van der Waals surface area contributed by atoms with E-state index in [0.29, 0.717) is 29.8 Å². The van der Waals surface area contributed by atoms with Gasteiger partial charge < -0.3 is 5.32 Å². The number of benzene rings is 2. The van der Waals surface area contributed by atoms with E-state index in [9.17, 15) is 19.7 Å². The third-order valence-electron chi connectivity index (χ3n) is 11.1. The van der Waals surface area contributed by atoms with Crippen LogP contribution in [0, 0.1) is 33.3 Å². The molecule has 2 saturated carbocycles. The molecule has 0 spiro atoms. The molecule has 2 aromatic rings. The van der Waals surface area contributed by atoms with Crippen LogP contribution in [0.5, 0.6) is 0 Å². The quantitative estimate of drug-likeness (QED) is 0.225. The second-order valence-corrected chi connectivity index (χ2v) is 13.9. The number of hydrogen-bond donors (Lipinski definition) is 1.